The van der Waals surface area contributed by atoms with E-state index in [1.165, 1.54) is 42.2 Å². The molecule has 5 heterocycles. The summed E-state index contributed by atoms with van der Waals surface area (Å²) in [7, 11) is 1.53. The lowest BCUT2D eigenvalue weighted by Gasteiger charge is -2.13. The summed E-state index contributed by atoms with van der Waals surface area (Å²) in [6.45, 7) is 1.82. The van der Waals surface area contributed by atoms with Crippen molar-refractivity contribution < 1.29 is 27.5 Å². The maximum absolute atomic E-state index is 14.9. The Hall–Kier alpha value is -5.31. The predicted octanol–water partition coefficient (Wildman–Crippen LogP) is 4.56. The highest BCUT2D eigenvalue weighted by molar-refractivity contribution is 6.15. The van der Waals surface area contributed by atoms with Crippen LogP contribution in [0.25, 0.3) is 49.8 Å². The van der Waals surface area contributed by atoms with Gasteiger partial charge in [-0.3, -0.25) is 4.79 Å². The van der Waals surface area contributed by atoms with Crippen molar-refractivity contribution in [2.75, 3.05) is 11.9 Å². The Morgan fingerprint density at radius 2 is 1.91 bits per heavy atom. The van der Waals surface area contributed by atoms with Gasteiger partial charge in [0, 0.05) is 67.0 Å². The van der Waals surface area contributed by atoms with Gasteiger partial charge in [-0.15, -0.1) is 0 Å². The number of carboxylic acid groups (broad SMARTS) is 1. The van der Waals surface area contributed by atoms with E-state index in [2.05, 4.69) is 25.4 Å². The van der Waals surface area contributed by atoms with Crippen LogP contribution in [0.2, 0.25) is 0 Å². The molecular weight excluding hydrogens is 572 g/mol. The molecule has 0 saturated heterocycles. The minimum atomic E-state index is -4.82. The van der Waals surface area contributed by atoms with Gasteiger partial charge in [0.25, 0.3) is 0 Å². The summed E-state index contributed by atoms with van der Waals surface area (Å²) in [4.78, 5) is 36.7. The van der Waals surface area contributed by atoms with Gasteiger partial charge in [-0.25, -0.2) is 23.8 Å². The number of halogens is 4. The van der Waals surface area contributed by atoms with Crippen molar-refractivity contribution in [3.05, 3.63) is 75.8 Å². The number of anilines is 1. The van der Waals surface area contributed by atoms with Gasteiger partial charge in [-0.2, -0.15) is 18.3 Å². The summed E-state index contributed by atoms with van der Waals surface area (Å²) in [6.07, 6.45) is 0.215. The zero-order valence-electron chi connectivity index (χ0n) is 22.5. The molecule has 0 amide bonds. The van der Waals surface area contributed by atoms with Gasteiger partial charge in [-0.05, 0) is 25.1 Å². The topological polar surface area (TPSA) is 157 Å². The first kappa shape index (κ1) is 27.8. The highest BCUT2D eigenvalue weighted by Gasteiger charge is 2.37. The number of aromatic carboxylic acids is 1. The molecule has 0 spiro atoms. The molecule has 6 aromatic rings. The van der Waals surface area contributed by atoms with E-state index in [9.17, 15) is 32.3 Å². The molecule has 11 nitrogen and oxygen atoms in total. The number of fused-ring (bicyclic) bond motifs is 4. The number of alkyl halides is 3. The molecule has 1 aromatic carbocycles. The molecule has 6 rings (SSSR count). The molecule has 0 radical (unpaired) electrons. The van der Waals surface area contributed by atoms with Crippen molar-refractivity contribution in [2.24, 2.45) is 12.8 Å². The van der Waals surface area contributed by atoms with Crippen LogP contribution in [0.5, 0.6) is 0 Å². The first-order valence-electron chi connectivity index (χ1n) is 12.9. The number of H-pyrrole nitrogens is 1. The van der Waals surface area contributed by atoms with Crippen molar-refractivity contribution >= 4 is 44.6 Å². The number of carbonyl (C=O) groups is 1. The molecule has 5 aromatic heterocycles. The number of hydrogen-bond acceptors (Lipinski definition) is 7. The standard InChI is InChI=1S/C28H22F4N8O3/c1-3-34-19-6-14(29)5-15-20-22(40-10-13(7-33)24(38-40)28(30,31)32)17(9-35-25(20)37-21(15)19)12-4-16-23(41)18(27(42)43)11-39(2)26(16)36-8-12/h4-6,8-11,34H,3,7,33H2,1-2H3,(H,35,37)(H,42,43). The van der Waals surface area contributed by atoms with Gasteiger partial charge in [0.05, 0.1) is 27.7 Å². The zero-order chi connectivity index (χ0) is 30.8. The number of pyridine rings is 3. The normalized spacial score (nSPS) is 12.1. The molecule has 0 atom stereocenters. The second-order valence-corrected chi connectivity index (χ2v) is 9.81. The molecule has 0 unspecified atom stereocenters. The molecule has 0 aliphatic rings. The van der Waals surface area contributed by atoms with Crippen LogP contribution in [-0.2, 0) is 19.8 Å². The van der Waals surface area contributed by atoms with Crippen LogP contribution in [0.4, 0.5) is 23.2 Å². The van der Waals surface area contributed by atoms with Gasteiger partial charge in [-0.1, -0.05) is 0 Å². The van der Waals surface area contributed by atoms with Crippen molar-refractivity contribution in [3.8, 4) is 16.8 Å². The minimum absolute atomic E-state index is 0.0376. The fraction of sp³-hybridized carbons (Fsp3) is 0.179. The Morgan fingerprint density at radius 3 is 2.56 bits per heavy atom. The second-order valence-electron chi connectivity index (χ2n) is 9.81. The highest BCUT2D eigenvalue weighted by Crippen LogP contribution is 2.40. The average molecular weight is 595 g/mol. The molecule has 220 valence electrons. The molecule has 15 heteroatoms. The van der Waals surface area contributed by atoms with E-state index in [0.29, 0.717) is 23.1 Å². The van der Waals surface area contributed by atoms with Gasteiger partial charge >= 0.3 is 12.1 Å². The summed E-state index contributed by atoms with van der Waals surface area (Å²) >= 11 is 0. The Bertz CT molecular complexity index is 2160. The van der Waals surface area contributed by atoms with Gasteiger partial charge < -0.3 is 25.7 Å². The predicted molar refractivity (Wildman–Crippen MR) is 151 cm³/mol. The number of rotatable bonds is 6. The number of carboxylic acids is 1. The maximum atomic E-state index is 14.9. The third-order valence-electron chi connectivity index (χ3n) is 7.10. The molecule has 5 N–H and O–H groups in total. The number of nitrogens with zero attached hydrogens (tertiary/aromatic N) is 5. The number of nitrogens with two attached hydrogens (primary N) is 1. The fourth-order valence-corrected chi connectivity index (χ4v) is 5.26. The van der Waals surface area contributed by atoms with Crippen molar-refractivity contribution in [1.29, 1.82) is 0 Å². The van der Waals surface area contributed by atoms with Crippen LogP contribution >= 0.6 is 0 Å². The van der Waals surface area contributed by atoms with E-state index in [1.807, 2.05) is 6.92 Å². The quantitative estimate of drug-likeness (QED) is 0.205. The van der Waals surface area contributed by atoms with E-state index in [1.54, 1.807) is 0 Å². The van der Waals surface area contributed by atoms with E-state index in [-0.39, 0.29) is 44.4 Å². The summed E-state index contributed by atoms with van der Waals surface area (Å²) in [5.41, 5.74) is 4.70. The minimum Gasteiger partial charge on any atom is -0.477 e. The summed E-state index contributed by atoms with van der Waals surface area (Å²) in [5.74, 6) is -2.03. The third kappa shape index (κ3) is 4.44. The molecule has 0 bridgehead atoms. The van der Waals surface area contributed by atoms with E-state index in [0.717, 1.165) is 17.1 Å². The van der Waals surface area contributed by atoms with Crippen LogP contribution in [0.3, 0.4) is 0 Å². The van der Waals surface area contributed by atoms with Gasteiger partial charge in [0.2, 0.25) is 5.43 Å². The summed E-state index contributed by atoms with van der Waals surface area (Å²) < 4.78 is 59.1. The molecule has 0 aliphatic carbocycles. The van der Waals surface area contributed by atoms with Crippen LogP contribution in [0.1, 0.15) is 28.5 Å². The van der Waals surface area contributed by atoms with Crippen molar-refractivity contribution in [1.82, 2.24) is 29.3 Å². The van der Waals surface area contributed by atoms with Crippen LogP contribution in [-0.4, -0.2) is 46.9 Å². The number of aromatic nitrogens is 6. The van der Waals surface area contributed by atoms with Crippen LogP contribution < -0.4 is 16.5 Å². The smallest absolute Gasteiger partial charge is 0.435 e. The number of nitrogens with one attached hydrogen (secondary N) is 2. The Labute approximate surface area is 238 Å². The Balaban J connectivity index is 1.75. The van der Waals surface area contributed by atoms with Gasteiger partial charge in [0.15, 0.2) is 5.69 Å². The Kier molecular flexibility index (Phi) is 6.41. The first-order chi connectivity index (χ1) is 20.4. The number of benzene rings is 1. The van der Waals surface area contributed by atoms with E-state index < -0.39 is 41.2 Å². The molecule has 0 saturated carbocycles. The van der Waals surface area contributed by atoms with Crippen molar-refractivity contribution in [2.45, 2.75) is 19.6 Å². The van der Waals surface area contributed by atoms with Crippen molar-refractivity contribution in [3.63, 3.8) is 0 Å². The van der Waals surface area contributed by atoms with E-state index >= 15 is 0 Å². The Morgan fingerprint density at radius 1 is 1.14 bits per heavy atom. The van der Waals surface area contributed by atoms with Gasteiger partial charge in [0.1, 0.15) is 22.7 Å². The lowest BCUT2D eigenvalue weighted by Crippen LogP contribution is -2.18. The third-order valence-corrected chi connectivity index (χ3v) is 7.10. The largest absolute Gasteiger partial charge is 0.477 e. The van der Waals surface area contributed by atoms with E-state index in [4.69, 9.17) is 5.73 Å². The number of hydrogen-bond donors (Lipinski definition) is 4. The lowest BCUT2D eigenvalue weighted by molar-refractivity contribution is -0.141. The SMILES string of the molecule is CCNc1cc(F)cc2c1[nH]c1ncc(-c3cnc4c(c3)c(=O)c(C(=O)O)cn4C)c(-n3cc(CN)c(C(F)(F)F)n3)c12. The first-order valence-corrected chi connectivity index (χ1v) is 12.9. The monoisotopic (exact) mass is 594 g/mol. The lowest BCUT2D eigenvalue weighted by atomic mass is 10.0. The summed E-state index contributed by atoms with van der Waals surface area (Å²) in [6, 6.07) is 3.91. The highest BCUT2D eigenvalue weighted by atomic mass is 19.4. The summed E-state index contributed by atoms with van der Waals surface area (Å²) in [5, 5.41) is 17.0. The fourth-order valence-electron chi connectivity index (χ4n) is 5.26. The molecular formula is C28H22F4N8O3. The molecule has 43 heavy (non-hydrogen) atoms. The second kappa shape index (κ2) is 9.90. The zero-order valence-corrected chi connectivity index (χ0v) is 22.5. The maximum Gasteiger partial charge on any atom is 0.435 e. The molecule has 0 aliphatic heterocycles. The molecule has 0 fully saturated rings. The van der Waals surface area contributed by atoms with Crippen LogP contribution in [0, 0.1) is 5.82 Å². The average Bonchev–Trinajstić information content (AvgIpc) is 3.56. The number of aryl methyl sites for hydroxylation is 1. The van der Waals surface area contributed by atoms with Crippen LogP contribution in [0.15, 0.2) is 47.8 Å². The number of aromatic amines is 1.